The predicted octanol–water partition coefficient (Wildman–Crippen LogP) is 3.13. The summed E-state index contributed by atoms with van der Waals surface area (Å²) in [5.74, 6) is 2.06. The first-order chi connectivity index (χ1) is 8.65. The maximum absolute atomic E-state index is 3.56. The Bertz CT molecular complexity index is 231. The Balaban J connectivity index is 1.82. The third-order valence-corrected chi connectivity index (χ3v) is 4.69. The van der Waals surface area contributed by atoms with Crippen molar-refractivity contribution in [2.24, 2.45) is 17.3 Å². The van der Waals surface area contributed by atoms with Crippen LogP contribution in [0.5, 0.6) is 0 Å². The third-order valence-electron chi connectivity index (χ3n) is 4.69. The highest BCUT2D eigenvalue weighted by molar-refractivity contribution is 4.86. The Morgan fingerprint density at radius 2 is 1.61 bits per heavy atom. The minimum absolute atomic E-state index is 0.458. The molecule has 0 aromatic heterocycles. The molecule has 2 fully saturated rings. The minimum atomic E-state index is 0.458. The number of nitrogens with one attached hydrogen (secondary N) is 1. The molecule has 0 radical (unpaired) electrons. The molecule has 0 spiro atoms. The molecule has 0 bridgehead atoms. The van der Waals surface area contributed by atoms with Crippen LogP contribution in [0, 0.1) is 17.3 Å². The molecule has 0 aromatic carbocycles. The van der Waals surface area contributed by atoms with Crippen LogP contribution in [0.2, 0.25) is 0 Å². The van der Waals surface area contributed by atoms with E-state index in [2.05, 4.69) is 31.0 Å². The van der Waals surface area contributed by atoms with Gasteiger partial charge in [0.1, 0.15) is 0 Å². The maximum Gasteiger partial charge on any atom is 0.00476 e. The first-order valence-electron chi connectivity index (χ1n) is 8.08. The molecule has 2 rings (SSSR count). The molecule has 1 unspecified atom stereocenters. The van der Waals surface area contributed by atoms with E-state index in [9.17, 15) is 0 Å². The van der Waals surface area contributed by atoms with Gasteiger partial charge in [-0.15, -0.1) is 0 Å². The van der Waals surface area contributed by atoms with Crippen molar-refractivity contribution in [3.63, 3.8) is 0 Å². The van der Waals surface area contributed by atoms with Crippen LogP contribution in [0.4, 0.5) is 0 Å². The summed E-state index contributed by atoms with van der Waals surface area (Å²) in [5.41, 5.74) is 0.458. The van der Waals surface area contributed by atoms with Crippen LogP contribution in [0.25, 0.3) is 0 Å². The SMILES string of the molecule is CCNCC(C)(CC)CN(CC1CC1)CC1CC1. The highest BCUT2D eigenvalue weighted by Crippen LogP contribution is 2.35. The van der Waals surface area contributed by atoms with Crippen LogP contribution in [-0.2, 0) is 0 Å². The lowest BCUT2D eigenvalue weighted by Crippen LogP contribution is -2.43. The van der Waals surface area contributed by atoms with E-state index in [1.165, 1.54) is 58.3 Å². The first-order valence-corrected chi connectivity index (χ1v) is 8.08. The average Bonchev–Trinajstić information content (AvgIpc) is 3.22. The molecule has 0 aliphatic heterocycles. The highest BCUT2D eigenvalue weighted by atomic mass is 15.1. The second-order valence-corrected chi connectivity index (χ2v) is 7.03. The van der Waals surface area contributed by atoms with E-state index in [1.54, 1.807) is 0 Å². The van der Waals surface area contributed by atoms with Gasteiger partial charge in [0.15, 0.2) is 0 Å². The van der Waals surface area contributed by atoms with E-state index in [4.69, 9.17) is 0 Å². The minimum Gasteiger partial charge on any atom is -0.316 e. The standard InChI is InChI=1S/C16H32N2/c1-4-16(3,12-17-5-2)13-18(10-14-6-7-14)11-15-8-9-15/h14-15,17H,4-13H2,1-3H3. The Morgan fingerprint density at radius 1 is 1.06 bits per heavy atom. The molecular weight excluding hydrogens is 220 g/mol. The lowest BCUT2D eigenvalue weighted by atomic mass is 9.86. The van der Waals surface area contributed by atoms with E-state index < -0.39 is 0 Å². The van der Waals surface area contributed by atoms with Gasteiger partial charge in [-0.1, -0.05) is 20.8 Å². The summed E-state index contributed by atoms with van der Waals surface area (Å²) in [4.78, 5) is 2.79. The molecule has 2 aliphatic rings. The zero-order valence-corrected chi connectivity index (χ0v) is 12.7. The summed E-state index contributed by atoms with van der Waals surface area (Å²) < 4.78 is 0. The number of rotatable bonds is 10. The van der Waals surface area contributed by atoms with Crippen molar-refractivity contribution in [3.8, 4) is 0 Å². The Labute approximate surface area is 114 Å². The molecule has 0 amide bonds. The van der Waals surface area contributed by atoms with Crippen LogP contribution in [0.15, 0.2) is 0 Å². The van der Waals surface area contributed by atoms with Crippen molar-refractivity contribution in [1.29, 1.82) is 0 Å². The average molecular weight is 252 g/mol. The van der Waals surface area contributed by atoms with Crippen molar-refractivity contribution in [2.75, 3.05) is 32.7 Å². The molecule has 2 saturated carbocycles. The molecule has 1 N–H and O–H groups in total. The number of hydrogen-bond donors (Lipinski definition) is 1. The van der Waals surface area contributed by atoms with Gasteiger partial charge in [0, 0.05) is 26.2 Å². The summed E-state index contributed by atoms with van der Waals surface area (Å²) in [5, 5.41) is 3.56. The van der Waals surface area contributed by atoms with Crippen LogP contribution >= 0.6 is 0 Å². The van der Waals surface area contributed by atoms with Crippen molar-refractivity contribution in [2.45, 2.75) is 52.9 Å². The van der Waals surface area contributed by atoms with Crippen molar-refractivity contribution < 1.29 is 0 Å². The Kier molecular flexibility index (Phi) is 5.08. The summed E-state index contributed by atoms with van der Waals surface area (Å²) in [6.07, 6.45) is 7.22. The van der Waals surface area contributed by atoms with Gasteiger partial charge in [-0.3, -0.25) is 0 Å². The van der Waals surface area contributed by atoms with E-state index >= 15 is 0 Å². The summed E-state index contributed by atoms with van der Waals surface area (Å²) in [7, 11) is 0. The second-order valence-electron chi connectivity index (χ2n) is 7.03. The topological polar surface area (TPSA) is 15.3 Å². The zero-order valence-electron chi connectivity index (χ0n) is 12.7. The van der Waals surface area contributed by atoms with Gasteiger partial charge < -0.3 is 10.2 Å². The highest BCUT2D eigenvalue weighted by Gasteiger charge is 2.32. The number of nitrogens with zero attached hydrogens (tertiary/aromatic N) is 1. The van der Waals surface area contributed by atoms with Crippen LogP contribution in [-0.4, -0.2) is 37.6 Å². The normalized spacial score (nSPS) is 23.3. The van der Waals surface area contributed by atoms with E-state index in [-0.39, 0.29) is 0 Å². The van der Waals surface area contributed by atoms with E-state index in [0.717, 1.165) is 18.4 Å². The summed E-state index contributed by atoms with van der Waals surface area (Å²) in [6, 6.07) is 0. The fourth-order valence-electron chi connectivity index (χ4n) is 2.79. The Morgan fingerprint density at radius 3 is 2.00 bits per heavy atom. The molecule has 2 nitrogen and oxygen atoms in total. The fourth-order valence-corrected chi connectivity index (χ4v) is 2.79. The van der Waals surface area contributed by atoms with Crippen molar-refractivity contribution in [1.82, 2.24) is 10.2 Å². The third kappa shape index (κ3) is 4.89. The summed E-state index contributed by atoms with van der Waals surface area (Å²) in [6.45, 7) is 13.3. The molecule has 0 aromatic rings. The molecule has 2 heteroatoms. The first kappa shape index (κ1) is 14.3. The van der Waals surface area contributed by atoms with Crippen molar-refractivity contribution >= 4 is 0 Å². The summed E-state index contributed by atoms with van der Waals surface area (Å²) >= 11 is 0. The van der Waals surface area contributed by atoms with Gasteiger partial charge in [-0.2, -0.15) is 0 Å². The molecular formula is C16H32N2. The van der Waals surface area contributed by atoms with Gasteiger partial charge in [0.25, 0.3) is 0 Å². The second kappa shape index (κ2) is 6.38. The van der Waals surface area contributed by atoms with Gasteiger partial charge in [0.2, 0.25) is 0 Å². The Hall–Kier alpha value is -0.0800. The fraction of sp³-hybridized carbons (Fsp3) is 1.00. The predicted molar refractivity (Wildman–Crippen MR) is 78.8 cm³/mol. The van der Waals surface area contributed by atoms with Crippen LogP contribution in [0.1, 0.15) is 52.9 Å². The van der Waals surface area contributed by atoms with E-state index in [1.807, 2.05) is 0 Å². The largest absolute Gasteiger partial charge is 0.316 e. The van der Waals surface area contributed by atoms with Gasteiger partial charge in [0.05, 0.1) is 0 Å². The smallest absolute Gasteiger partial charge is 0.00476 e. The molecule has 18 heavy (non-hydrogen) atoms. The lowest BCUT2D eigenvalue weighted by Gasteiger charge is -2.35. The lowest BCUT2D eigenvalue weighted by molar-refractivity contribution is 0.145. The zero-order chi connectivity index (χ0) is 13.0. The quantitative estimate of drug-likeness (QED) is 0.642. The maximum atomic E-state index is 3.56. The van der Waals surface area contributed by atoms with Gasteiger partial charge >= 0.3 is 0 Å². The number of hydrogen-bond acceptors (Lipinski definition) is 2. The van der Waals surface area contributed by atoms with Crippen molar-refractivity contribution in [3.05, 3.63) is 0 Å². The van der Waals surface area contributed by atoms with E-state index in [0.29, 0.717) is 5.41 Å². The van der Waals surface area contributed by atoms with Gasteiger partial charge in [-0.25, -0.2) is 0 Å². The molecule has 1 atom stereocenters. The van der Waals surface area contributed by atoms with Crippen LogP contribution < -0.4 is 5.32 Å². The van der Waals surface area contributed by atoms with Crippen LogP contribution in [0.3, 0.4) is 0 Å². The molecule has 2 aliphatic carbocycles. The molecule has 0 saturated heterocycles. The monoisotopic (exact) mass is 252 g/mol. The van der Waals surface area contributed by atoms with Gasteiger partial charge in [-0.05, 0) is 55.9 Å². The molecule has 0 heterocycles. The molecule has 106 valence electrons.